The molecule has 152 valence electrons. The van der Waals surface area contributed by atoms with Crippen molar-refractivity contribution in [2.75, 3.05) is 5.73 Å². The van der Waals surface area contributed by atoms with E-state index in [-0.39, 0.29) is 127 Å². The van der Waals surface area contributed by atoms with Crippen molar-refractivity contribution in [3.63, 3.8) is 0 Å². The second-order valence-corrected chi connectivity index (χ2v) is 10.3. The molecule has 16 heteroatoms. The second-order valence-electron chi connectivity index (χ2n) is 6.27. The SMILES string of the molecule is Nc1cc(S(=O)(=O)[O-])c2ccc3c(S(=O)(=O)[O-])cc(S(=O)(=O)[O-])c4ccc1c2c43.[Na+].[Na+].[Na+]. The summed E-state index contributed by atoms with van der Waals surface area (Å²) in [5, 5.41) is -0.675. The number of benzene rings is 4. The smallest absolute Gasteiger partial charge is 0.744 e. The third kappa shape index (κ3) is 5.03. The Morgan fingerprint density at radius 2 is 0.812 bits per heavy atom. The van der Waals surface area contributed by atoms with Crippen molar-refractivity contribution in [1.82, 2.24) is 0 Å². The van der Waals surface area contributed by atoms with E-state index in [2.05, 4.69) is 0 Å². The molecule has 0 aliphatic carbocycles. The molecule has 0 aliphatic heterocycles. The zero-order valence-electron chi connectivity index (χ0n) is 16.9. The topological polar surface area (TPSA) is 198 Å². The quantitative estimate of drug-likeness (QED) is 0.116. The Bertz CT molecular complexity index is 1630. The Balaban J connectivity index is 0.00000171. The number of hydrogen-bond acceptors (Lipinski definition) is 10. The van der Waals surface area contributed by atoms with Crippen LogP contribution in [0.3, 0.4) is 0 Å². The molecule has 0 saturated heterocycles. The first-order valence-corrected chi connectivity index (χ1v) is 11.9. The Morgan fingerprint density at radius 3 is 1.16 bits per heavy atom. The monoisotopic (exact) mass is 523 g/mol. The van der Waals surface area contributed by atoms with E-state index in [9.17, 15) is 38.9 Å². The van der Waals surface area contributed by atoms with E-state index in [4.69, 9.17) is 5.73 Å². The van der Waals surface area contributed by atoms with E-state index in [1.807, 2.05) is 0 Å². The molecule has 0 fully saturated rings. The molecule has 4 aromatic rings. The summed E-state index contributed by atoms with van der Waals surface area (Å²) in [6.45, 7) is 0. The van der Waals surface area contributed by atoms with Crippen LogP contribution in [0.25, 0.3) is 32.3 Å². The number of rotatable bonds is 3. The van der Waals surface area contributed by atoms with E-state index in [1.165, 1.54) is 12.1 Å². The Morgan fingerprint density at radius 1 is 0.531 bits per heavy atom. The zero-order valence-corrected chi connectivity index (χ0v) is 25.4. The molecule has 4 rings (SSSR count). The van der Waals surface area contributed by atoms with E-state index >= 15 is 0 Å². The van der Waals surface area contributed by atoms with Gasteiger partial charge in [-0.3, -0.25) is 0 Å². The summed E-state index contributed by atoms with van der Waals surface area (Å²) in [6, 6.07) is 6.09. The molecule has 0 bridgehead atoms. The summed E-state index contributed by atoms with van der Waals surface area (Å²) >= 11 is 0. The molecule has 4 aromatic carbocycles. The minimum absolute atomic E-state index is 0. The van der Waals surface area contributed by atoms with Crippen LogP contribution < -0.4 is 94.4 Å². The van der Waals surface area contributed by atoms with Crippen LogP contribution >= 0.6 is 0 Å². The summed E-state index contributed by atoms with van der Waals surface area (Å²) < 4.78 is 105. The first-order chi connectivity index (χ1) is 13.2. The van der Waals surface area contributed by atoms with Crippen molar-refractivity contribution >= 4 is 68.4 Å². The number of nitrogens with two attached hydrogens (primary N) is 1. The van der Waals surface area contributed by atoms with Gasteiger partial charge in [0, 0.05) is 32.6 Å². The maximum Gasteiger partial charge on any atom is 1.00 e. The van der Waals surface area contributed by atoms with Gasteiger partial charge in [0.2, 0.25) is 0 Å². The molecule has 0 aromatic heterocycles. The molecule has 0 atom stereocenters. The Labute approximate surface area is 249 Å². The molecule has 0 amide bonds. The van der Waals surface area contributed by atoms with Gasteiger partial charge in [-0.2, -0.15) is 0 Å². The van der Waals surface area contributed by atoms with Crippen molar-refractivity contribution in [2.45, 2.75) is 14.7 Å². The molecule has 0 aliphatic rings. The number of hydrogen-bond donors (Lipinski definition) is 1. The average molecular weight is 523 g/mol. The van der Waals surface area contributed by atoms with Gasteiger partial charge in [0.25, 0.3) is 0 Å². The Hall–Kier alpha value is 0.450. The molecule has 0 spiro atoms. The van der Waals surface area contributed by atoms with Crippen LogP contribution in [0, 0.1) is 0 Å². The molecular weight excluding hydrogens is 515 g/mol. The molecule has 2 N–H and O–H groups in total. The molecule has 0 unspecified atom stereocenters. The van der Waals surface area contributed by atoms with Crippen LogP contribution in [-0.4, -0.2) is 38.9 Å². The first kappa shape index (κ1) is 30.5. The van der Waals surface area contributed by atoms with Crippen LogP contribution in [-0.2, 0) is 30.4 Å². The molecule has 0 radical (unpaired) electrons. The molecule has 32 heavy (non-hydrogen) atoms. The summed E-state index contributed by atoms with van der Waals surface area (Å²) in [7, 11) is -15.5. The van der Waals surface area contributed by atoms with Crippen molar-refractivity contribution in [3.05, 3.63) is 36.4 Å². The number of anilines is 1. The van der Waals surface area contributed by atoms with E-state index in [0.29, 0.717) is 6.07 Å². The van der Waals surface area contributed by atoms with Gasteiger partial charge in [-0.1, -0.05) is 24.3 Å². The fourth-order valence-corrected chi connectivity index (χ4v) is 5.73. The average Bonchev–Trinajstić information content (AvgIpc) is 2.57. The normalized spacial score (nSPS) is 12.3. The molecule has 10 nitrogen and oxygen atoms in total. The van der Waals surface area contributed by atoms with Crippen LogP contribution in [0.1, 0.15) is 0 Å². The van der Waals surface area contributed by atoms with E-state index < -0.39 is 45.0 Å². The summed E-state index contributed by atoms with van der Waals surface area (Å²) in [5.74, 6) is 0. The summed E-state index contributed by atoms with van der Waals surface area (Å²) in [5.41, 5.74) is 5.70. The van der Waals surface area contributed by atoms with Gasteiger partial charge in [-0.15, -0.1) is 0 Å². The standard InChI is InChI=1S/C16H11NO9S3.3Na/c17-11-5-12(27(18,19)20)8-3-4-10-14(29(24,25)26)6-13(28(21,22)23)9-2-1-7(11)15(8)16(9)10;;;/h1-6H,17H2,(H,18,19,20)(H,21,22,23)(H,24,25,26);;;/q;3*+1/p-3. The van der Waals surface area contributed by atoms with Gasteiger partial charge in [0.15, 0.2) is 0 Å². The molecule has 0 saturated carbocycles. The van der Waals surface area contributed by atoms with Crippen molar-refractivity contribution in [3.8, 4) is 0 Å². The third-order valence-corrected chi connectivity index (χ3v) is 7.25. The third-order valence-electron chi connectivity index (χ3n) is 4.62. The summed E-state index contributed by atoms with van der Waals surface area (Å²) in [4.78, 5) is -2.65. The maximum atomic E-state index is 11.7. The summed E-state index contributed by atoms with van der Waals surface area (Å²) in [6.07, 6.45) is 0. The van der Waals surface area contributed by atoms with Crippen molar-refractivity contribution in [2.24, 2.45) is 0 Å². The predicted molar refractivity (Wildman–Crippen MR) is 98.4 cm³/mol. The zero-order chi connectivity index (χ0) is 21.5. The fraction of sp³-hybridized carbons (Fsp3) is 0. The van der Waals surface area contributed by atoms with Crippen LogP contribution in [0.5, 0.6) is 0 Å². The predicted octanol–water partition coefficient (Wildman–Crippen LogP) is -8.11. The first-order valence-electron chi connectivity index (χ1n) is 7.63. The maximum absolute atomic E-state index is 11.7. The molecule has 0 heterocycles. The van der Waals surface area contributed by atoms with Crippen molar-refractivity contribution in [1.29, 1.82) is 0 Å². The van der Waals surface area contributed by atoms with Gasteiger partial charge in [0.1, 0.15) is 30.4 Å². The van der Waals surface area contributed by atoms with Crippen LogP contribution in [0.2, 0.25) is 0 Å². The second kappa shape index (κ2) is 9.84. The minimum Gasteiger partial charge on any atom is -0.744 e. The van der Waals surface area contributed by atoms with Gasteiger partial charge in [-0.25, -0.2) is 25.3 Å². The molecular formula is C16H8NNa3O9S3. The number of nitrogen functional groups attached to an aromatic ring is 1. The van der Waals surface area contributed by atoms with E-state index in [1.54, 1.807) is 0 Å². The van der Waals surface area contributed by atoms with E-state index in [0.717, 1.165) is 18.2 Å². The van der Waals surface area contributed by atoms with Gasteiger partial charge in [0.05, 0.1) is 14.7 Å². The Kier molecular flexibility index (Phi) is 9.37. The van der Waals surface area contributed by atoms with Gasteiger partial charge >= 0.3 is 88.7 Å². The minimum atomic E-state index is -5.22. The fourth-order valence-electron chi connectivity index (χ4n) is 3.54. The van der Waals surface area contributed by atoms with Crippen LogP contribution in [0.15, 0.2) is 51.1 Å². The van der Waals surface area contributed by atoms with Crippen molar-refractivity contribution < 1.29 is 128 Å². The van der Waals surface area contributed by atoms with Gasteiger partial charge in [-0.05, 0) is 17.5 Å². The van der Waals surface area contributed by atoms with Gasteiger partial charge < -0.3 is 19.4 Å². The van der Waals surface area contributed by atoms with Crippen LogP contribution in [0.4, 0.5) is 5.69 Å². The largest absolute Gasteiger partial charge is 1.00 e.